The standard InChI is InChI=1S/C26H32ClN3O3S/c1-26(2,3)17-6-9-19-20(14-17)34-24(29-23(32)16-4-7-18(27)8-5-16)21(19)25(33)30-12-10-15(11-13-30)22(28)31/h4-5,7-8,15,17H,6,9-14H2,1-3H3,(H2,28,31)(H,29,32). The zero-order valence-electron chi connectivity index (χ0n) is 19.9. The summed E-state index contributed by atoms with van der Waals surface area (Å²) >= 11 is 7.50. The van der Waals surface area contributed by atoms with Crippen LogP contribution in [-0.2, 0) is 17.6 Å². The van der Waals surface area contributed by atoms with Gasteiger partial charge < -0.3 is 16.0 Å². The third-order valence-corrected chi connectivity index (χ3v) is 8.64. The lowest BCUT2D eigenvalue weighted by Gasteiger charge is -2.34. The van der Waals surface area contributed by atoms with Gasteiger partial charge in [-0.3, -0.25) is 14.4 Å². The first-order chi connectivity index (χ1) is 16.0. The van der Waals surface area contributed by atoms with E-state index in [0.29, 0.717) is 53.0 Å². The highest BCUT2D eigenvalue weighted by atomic mass is 35.5. The number of thiophene rings is 1. The Morgan fingerprint density at radius 3 is 2.32 bits per heavy atom. The molecule has 0 spiro atoms. The second kappa shape index (κ2) is 9.70. The summed E-state index contributed by atoms with van der Waals surface area (Å²) in [4.78, 5) is 41.3. The van der Waals surface area contributed by atoms with Crippen molar-refractivity contribution in [1.29, 1.82) is 0 Å². The molecule has 1 aromatic carbocycles. The van der Waals surface area contributed by atoms with Crippen LogP contribution in [0.3, 0.4) is 0 Å². The Hall–Kier alpha value is -2.38. The number of hydrogen-bond acceptors (Lipinski definition) is 4. The molecule has 8 heteroatoms. The van der Waals surface area contributed by atoms with Gasteiger partial charge in [0.1, 0.15) is 5.00 Å². The molecule has 3 amide bonds. The molecule has 2 heterocycles. The monoisotopic (exact) mass is 501 g/mol. The van der Waals surface area contributed by atoms with Crippen LogP contribution < -0.4 is 11.1 Å². The number of nitrogens with zero attached hydrogens (tertiary/aromatic N) is 1. The molecular formula is C26H32ClN3O3S. The second-order valence-corrected chi connectivity index (χ2v) is 12.0. The molecule has 34 heavy (non-hydrogen) atoms. The summed E-state index contributed by atoms with van der Waals surface area (Å²) in [6, 6.07) is 6.71. The zero-order chi connectivity index (χ0) is 24.6. The number of carbonyl (C=O) groups excluding carboxylic acids is 3. The van der Waals surface area contributed by atoms with Crippen LogP contribution >= 0.6 is 22.9 Å². The van der Waals surface area contributed by atoms with E-state index >= 15 is 0 Å². The molecule has 0 saturated carbocycles. The smallest absolute Gasteiger partial charge is 0.257 e. The van der Waals surface area contributed by atoms with Gasteiger partial charge in [0.05, 0.1) is 5.56 Å². The quantitative estimate of drug-likeness (QED) is 0.607. The van der Waals surface area contributed by atoms with Crippen molar-refractivity contribution in [1.82, 2.24) is 4.90 Å². The maximum Gasteiger partial charge on any atom is 0.257 e. The molecule has 1 unspecified atom stereocenters. The van der Waals surface area contributed by atoms with Gasteiger partial charge in [0.15, 0.2) is 0 Å². The number of fused-ring (bicyclic) bond motifs is 1. The largest absolute Gasteiger partial charge is 0.369 e. The Morgan fingerprint density at radius 1 is 1.09 bits per heavy atom. The number of rotatable bonds is 4. The highest BCUT2D eigenvalue weighted by Crippen LogP contribution is 2.45. The van der Waals surface area contributed by atoms with Crippen LogP contribution in [0.25, 0.3) is 0 Å². The molecular weight excluding hydrogens is 470 g/mol. The Morgan fingerprint density at radius 2 is 1.74 bits per heavy atom. The number of carbonyl (C=O) groups is 3. The molecule has 2 aromatic rings. The van der Waals surface area contributed by atoms with Crippen molar-refractivity contribution in [2.75, 3.05) is 18.4 Å². The molecule has 1 saturated heterocycles. The van der Waals surface area contributed by atoms with E-state index in [0.717, 1.165) is 24.8 Å². The van der Waals surface area contributed by atoms with Crippen LogP contribution in [-0.4, -0.2) is 35.7 Å². The molecule has 1 fully saturated rings. The fourth-order valence-corrected chi connectivity index (χ4v) is 6.38. The van der Waals surface area contributed by atoms with Gasteiger partial charge in [-0.25, -0.2) is 0 Å². The Labute approximate surface area is 209 Å². The van der Waals surface area contributed by atoms with E-state index in [-0.39, 0.29) is 29.1 Å². The Balaban J connectivity index is 1.64. The van der Waals surface area contributed by atoms with Crippen molar-refractivity contribution in [2.45, 2.75) is 52.9 Å². The van der Waals surface area contributed by atoms with Crippen molar-refractivity contribution in [2.24, 2.45) is 23.0 Å². The number of amides is 3. The van der Waals surface area contributed by atoms with Gasteiger partial charge in [-0.2, -0.15) is 0 Å². The summed E-state index contributed by atoms with van der Waals surface area (Å²) in [5.74, 6) is -0.293. The van der Waals surface area contributed by atoms with Crippen molar-refractivity contribution < 1.29 is 14.4 Å². The first kappa shape index (κ1) is 24.7. The zero-order valence-corrected chi connectivity index (χ0v) is 21.5. The minimum absolute atomic E-state index is 0.0685. The third kappa shape index (κ3) is 5.15. The average Bonchev–Trinajstić information content (AvgIpc) is 3.15. The van der Waals surface area contributed by atoms with Crippen LogP contribution in [0.15, 0.2) is 24.3 Å². The number of hydrogen-bond donors (Lipinski definition) is 2. The van der Waals surface area contributed by atoms with E-state index in [2.05, 4.69) is 26.1 Å². The van der Waals surface area contributed by atoms with E-state index in [1.54, 1.807) is 29.2 Å². The molecule has 182 valence electrons. The summed E-state index contributed by atoms with van der Waals surface area (Å²) in [6.07, 6.45) is 3.90. The SMILES string of the molecule is CC(C)(C)C1CCc2c(sc(NC(=O)c3ccc(Cl)cc3)c2C(=O)N2CCC(C(N)=O)CC2)C1. The lowest BCUT2D eigenvalue weighted by Crippen LogP contribution is -2.42. The van der Waals surface area contributed by atoms with Gasteiger partial charge >= 0.3 is 0 Å². The average molecular weight is 502 g/mol. The van der Waals surface area contributed by atoms with Crippen LogP contribution in [0.4, 0.5) is 5.00 Å². The van der Waals surface area contributed by atoms with Crippen molar-refractivity contribution >= 4 is 45.7 Å². The molecule has 0 radical (unpaired) electrons. The van der Waals surface area contributed by atoms with Crippen molar-refractivity contribution in [3.8, 4) is 0 Å². The number of nitrogens with two attached hydrogens (primary N) is 1. The lowest BCUT2D eigenvalue weighted by atomic mass is 9.72. The van der Waals surface area contributed by atoms with Crippen LogP contribution in [0, 0.1) is 17.3 Å². The number of anilines is 1. The molecule has 1 aliphatic heterocycles. The van der Waals surface area contributed by atoms with E-state index in [1.807, 2.05) is 0 Å². The lowest BCUT2D eigenvalue weighted by molar-refractivity contribution is -0.123. The molecule has 0 bridgehead atoms. The summed E-state index contributed by atoms with van der Waals surface area (Å²) in [5.41, 5.74) is 7.82. The number of benzene rings is 1. The van der Waals surface area contributed by atoms with Crippen molar-refractivity contribution in [3.63, 3.8) is 0 Å². The number of primary amides is 1. The van der Waals surface area contributed by atoms with Gasteiger partial charge in [0.25, 0.3) is 11.8 Å². The summed E-state index contributed by atoms with van der Waals surface area (Å²) in [7, 11) is 0. The molecule has 6 nitrogen and oxygen atoms in total. The number of halogens is 1. The number of likely N-dealkylation sites (tertiary alicyclic amines) is 1. The first-order valence-electron chi connectivity index (χ1n) is 11.8. The topological polar surface area (TPSA) is 92.5 Å². The Kier molecular flexibility index (Phi) is 7.06. The van der Waals surface area contributed by atoms with Gasteiger partial charge in [-0.15, -0.1) is 11.3 Å². The molecule has 4 rings (SSSR count). The maximum absolute atomic E-state index is 13.7. The maximum atomic E-state index is 13.7. The molecule has 1 atom stereocenters. The van der Waals surface area contributed by atoms with Crippen LogP contribution in [0.1, 0.15) is 71.2 Å². The normalized spacial score (nSPS) is 18.9. The summed E-state index contributed by atoms with van der Waals surface area (Å²) in [6.45, 7) is 7.76. The van der Waals surface area contributed by atoms with Crippen molar-refractivity contribution in [3.05, 3.63) is 50.9 Å². The van der Waals surface area contributed by atoms with E-state index in [1.165, 1.54) is 16.2 Å². The second-order valence-electron chi connectivity index (χ2n) is 10.4. The van der Waals surface area contributed by atoms with Crippen LogP contribution in [0.2, 0.25) is 5.02 Å². The van der Waals surface area contributed by atoms with Gasteiger partial charge in [-0.1, -0.05) is 32.4 Å². The third-order valence-electron chi connectivity index (χ3n) is 7.22. The minimum atomic E-state index is -0.302. The van der Waals surface area contributed by atoms with Gasteiger partial charge in [0.2, 0.25) is 5.91 Å². The highest BCUT2D eigenvalue weighted by molar-refractivity contribution is 7.17. The molecule has 3 N–H and O–H groups in total. The van der Waals surface area contributed by atoms with E-state index in [9.17, 15) is 14.4 Å². The fourth-order valence-electron chi connectivity index (χ4n) is 4.94. The predicted molar refractivity (Wildman–Crippen MR) is 137 cm³/mol. The van der Waals surface area contributed by atoms with Gasteiger partial charge in [-0.05, 0) is 73.3 Å². The Bertz CT molecular complexity index is 1100. The first-order valence-corrected chi connectivity index (χ1v) is 13.0. The minimum Gasteiger partial charge on any atom is -0.369 e. The number of piperidine rings is 1. The summed E-state index contributed by atoms with van der Waals surface area (Å²) < 4.78 is 0. The summed E-state index contributed by atoms with van der Waals surface area (Å²) in [5, 5.41) is 4.19. The van der Waals surface area contributed by atoms with Gasteiger partial charge in [0, 0.05) is 34.5 Å². The van der Waals surface area contributed by atoms with E-state index in [4.69, 9.17) is 17.3 Å². The highest BCUT2D eigenvalue weighted by Gasteiger charge is 2.36. The molecule has 1 aliphatic carbocycles. The van der Waals surface area contributed by atoms with E-state index < -0.39 is 0 Å². The molecule has 2 aliphatic rings. The predicted octanol–water partition coefficient (Wildman–Crippen LogP) is 5.14. The van der Waals surface area contributed by atoms with Crippen LogP contribution in [0.5, 0.6) is 0 Å². The number of nitrogens with one attached hydrogen (secondary N) is 1. The fraction of sp³-hybridized carbons (Fsp3) is 0.500. The molecule has 1 aromatic heterocycles.